The van der Waals surface area contributed by atoms with Crippen molar-refractivity contribution in [2.24, 2.45) is 0 Å². The molecular formula is C25H16O9. The molecule has 0 unspecified atom stereocenters. The molecule has 0 atom stereocenters. The predicted octanol–water partition coefficient (Wildman–Crippen LogP) is 4.09. The van der Waals surface area contributed by atoms with Crippen LogP contribution in [0.15, 0.2) is 72.8 Å². The molecule has 170 valence electrons. The van der Waals surface area contributed by atoms with Crippen LogP contribution in [0.5, 0.6) is 28.7 Å². The highest BCUT2D eigenvalue weighted by Gasteiger charge is 2.19. The summed E-state index contributed by atoms with van der Waals surface area (Å²) in [5, 5.41) is 40.1. The number of carbonyl (C=O) groups is 3. The fourth-order valence-electron chi connectivity index (χ4n) is 3.25. The number of ether oxygens (including phenoxy) is 2. The molecule has 0 amide bonds. The maximum absolute atomic E-state index is 12.7. The summed E-state index contributed by atoms with van der Waals surface area (Å²) >= 11 is 0. The van der Waals surface area contributed by atoms with Crippen LogP contribution in [0.25, 0.3) is 10.8 Å². The molecule has 0 spiro atoms. The SMILES string of the molecule is O=C(O)c1cc(OC(=O)c2cc(O)cc(O)c2)cc(OC(=O)c2cc3ccccc3cc2O)c1. The normalized spacial score (nSPS) is 10.6. The summed E-state index contributed by atoms with van der Waals surface area (Å²) in [4.78, 5) is 36.6. The van der Waals surface area contributed by atoms with E-state index in [1.165, 1.54) is 12.1 Å². The molecule has 0 aromatic heterocycles. The number of esters is 2. The summed E-state index contributed by atoms with van der Waals surface area (Å²) in [5.41, 5.74) is -0.680. The summed E-state index contributed by atoms with van der Waals surface area (Å²) in [5.74, 6) is -4.93. The highest BCUT2D eigenvalue weighted by molar-refractivity contribution is 6.00. The van der Waals surface area contributed by atoms with Crippen molar-refractivity contribution in [1.29, 1.82) is 0 Å². The Morgan fingerprint density at radius 3 is 1.76 bits per heavy atom. The molecule has 0 heterocycles. The molecular weight excluding hydrogens is 444 g/mol. The summed E-state index contributed by atoms with van der Waals surface area (Å²) in [6.45, 7) is 0. The van der Waals surface area contributed by atoms with Crippen molar-refractivity contribution in [3.8, 4) is 28.7 Å². The van der Waals surface area contributed by atoms with E-state index in [0.29, 0.717) is 10.8 Å². The maximum atomic E-state index is 12.7. The molecule has 4 rings (SSSR count). The Bertz CT molecular complexity index is 1440. The van der Waals surface area contributed by atoms with Crippen LogP contribution in [0.2, 0.25) is 0 Å². The van der Waals surface area contributed by atoms with Crippen molar-refractivity contribution < 1.29 is 44.3 Å². The lowest BCUT2D eigenvalue weighted by molar-refractivity contribution is 0.0679. The van der Waals surface area contributed by atoms with E-state index in [9.17, 15) is 34.8 Å². The Labute approximate surface area is 191 Å². The third-order valence-electron chi connectivity index (χ3n) is 4.77. The molecule has 9 heteroatoms. The number of fused-ring (bicyclic) bond motifs is 1. The van der Waals surface area contributed by atoms with Crippen LogP contribution >= 0.6 is 0 Å². The van der Waals surface area contributed by atoms with Crippen molar-refractivity contribution in [3.05, 3.63) is 89.5 Å². The van der Waals surface area contributed by atoms with Gasteiger partial charge in [-0.25, -0.2) is 14.4 Å². The van der Waals surface area contributed by atoms with Gasteiger partial charge in [-0.15, -0.1) is 0 Å². The van der Waals surface area contributed by atoms with E-state index in [4.69, 9.17) is 9.47 Å². The van der Waals surface area contributed by atoms with Crippen molar-refractivity contribution in [1.82, 2.24) is 0 Å². The molecule has 4 aromatic carbocycles. The van der Waals surface area contributed by atoms with Gasteiger partial charge in [0.25, 0.3) is 0 Å². The zero-order valence-corrected chi connectivity index (χ0v) is 17.3. The Kier molecular flexibility index (Phi) is 5.75. The minimum Gasteiger partial charge on any atom is -0.508 e. The minimum atomic E-state index is -1.38. The lowest BCUT2D eigenvalue weighted by Crippen LogP contribution is -2.12. The van der Waals surface area contributed by atoms with Gasteiger partial charge in [0.2, 0.25) is 0 Å². The van der Waals surface area contributed by atoms with Gasteiger partial charge in [0.05, 0.1) is 11.1 Å². The van der Waals surface area contributed by atoms with Crippen LogP contribution in [-0.4, -0.2) is 38.3 Å². The quantitative estimate of drug-likeness (QED) is 0.255. The number of phenolic OH excluding ortho intramolecular Hbond substituents is 3. The monoisotopic (exact) mass is 460 g/mol. The highest BCUT2D eigenvalue weighted by atomic mass is 16.5. The number of aromatic carboxylic acids is 1. The Morgan fingerprint density at radius 1 is 0.618 bits per heavy atom. The van der Waals surface area contributed by atoms with Crippen molar-refractivity contribution in [2.45, 2.75) is 0 Å². The third kappa shape index (κ3) is 4.73. The van der Waals surface area contributed by atoms with Crippen LogP contribution < -0.4 is 9.47 Å². The zero-order chi connectivity index (χ0) is 24.4. The Hall–Kier alpha value is -5.05. The number of phenols is 3. The van der Waals surface area contributed by atoms with Gasteiger partial charge in [-0.2, -0.15) is 0 Å². The molecule has 34 heavy (non-hydrogen) atoms. The number of hydrogen-bond donors (Lipinski definition) is 4. The van der Waals surface area contributed by atoms with Crippen molar-refractivity contribution in [3.63, 3.8) is 0 Å². The summed E-state index contributed by atoms with van der Waals surface area (Å²) in [6.07, 6.45) is 0. The number of benzene rings is 4. The molecule has 0 aliphatic heterocycles. The van der Waals surface area contributed by atoms with Gasteiger partial charge in [-0.1, -0.05) is 24.3 Å². The van der Waals surface area contributed by atoms with E-state index < -0.39 is 17.9 Å². The van der Waals surface area contributed by atoms with E-state index in [0.717, 1.165) is 36.4 Å². The third-order valence-corrected chi connectivity index (χ3v) is 4.77. The molecule has 0 bridgehead atoms. The van der Waals surface area contributed by atoms with E-state index in [1.54, 1.807) is 24.3 Å². The first-order valence-corrected chi connectivity index (χ1v) is 9.77. The molecule has 0 aliphatic carbocycles. The standard InChI is InChI=1S/C25H16O9/c26-17-5-16(6-18(27)11-17)24(31)33-19-7-15(23(29)30)8-20(12-19)34-25(32)21-9-13-3-1-2-4-14(13)10-22(21)28/h1-12,26-28H,(H,29,30). The van der Waals surface area contributed by atoms with Gasteiger partial charge in [0.1, 0.15) is 34.3 Å². The van der Waals surface area contributed by atoms with Gasteiger partial charge < -0.3 is 29.9 Å². The number of carboxylic acids is 1. The van der Waals surface area contributed by atoms with Crippen molar-refractivity contribution in [2.75, 3.05) is 0 Å². The topological polar surface area (TPSA) is 151 Å². The predicted molar refractivity (Wildman–Crippen MR) is 119 cm³/mol. The van der Waals surface area contributed by atoms with Gasteiger partial charge in [0.15, 0.2) is 0 Å². The van der Waals surface area contributed by atoms with Crippen LogP contribution in [0.1, 0.15) is 31.1 Å². The Balaban J connectivity index is 1.63. The molecule has 0 saturated carbocycles. The van der Waals surface area contributed by atoms with Gasteiger partial charge >= 0.3 is 17.9 Å². The average molecular weight is 460 g/mol. The Morgan fingerprint density at radius 2 is 1.18 bits per heavy atom. The van der Waals surface area contributed by atoms with E-state index >= 15 is 0 Å². The second kappa shape index (κ2) is 8.83. The second-order valence-electron chi connectivity index (χ2n) is 7.23. The van der Waals surface area contributed by atoms with Crippen molar-refractivity contribution >= 4 is 28.7 Å². The van der Waals surface area contributed by atoms with Gasteiger partial charge in [-0.3, -0.25) is 0 Å². The minimum absolute atomic E-state index is 0.145. The number of carbonyl (C=O) groups excluding carboxylic acids is 2. The smallest absolute Gasteiger partial charge is 0.347 e. The molecule has 0 aliphatic rings. The van der Waals surface area contributed by atoms with Crippen LogP contribution in [0.4, 0.5) is 0 Å². The van der Waals surface area contributed by atoms with E-state index in [1.807, 2.05) is 0 Å². The fourth-order valence-corrected chi connectivity index (χ4v) is 3.25. The second-order valence-corrected chi connectivity index (χ2v) is 7.23. The zero-order valence-electron chi connectivity index (χ0n) is 17.3. The number of rotatable bonds is 5. The first-order valence-electron chi connectivity index (χ1n) is 9.77. The van der Waals surface area contributed by atoms with E-state index in [-0.39, 0.29) is 45.4 Å². The maximum Gasteiger partial charge on any atom is 0.347 e. The van der Waals surface area contributed by atoms with Gasteiger partial charge in [-0.05, 0) is 47.2 Å². The largest absolute Gasteiger partial charge is 0.508 e. The molecule has 0 saturated heterocycles. The highest BCUT2D eigenvalue weighted by Crippen LogP contribution is 2.29. The number of hydrogen-bond acceptors (Lipinski definition) is 8. The first kappa shape index (κ1) is 22.2. The fraction of sp³-hybridized carbons (Fsp3) is 0. The summed E-state index contributed by atoms with van der Waals surface area (Å²) < 4.78 is 10.4. The lowest BCUT2D eigenvalue weighted by atomic mass is 10.1. The lowest BCUT2D eigenvalue weighted by Gasteiger charge is -2.11. The molecule has 4 aromatic rings. The first-order chi connectivity index (χ1) is 16.2. The number of carboxylic acid groups (broad SMARTS) is 1. The van der Waals surface area contributed by atoms with E-state index in [2.05, 4.69) is 0 Å². The molecule has 4 N–H and O–H groups in total. The van der Waals surface area contributed by atoms with Gasteiger partial charge in [0, 0.05) is 12.1 Å². The van der Waals surface area contributed by atoms with Crippen LogP contribution in [-0.2, 0) is 0 Å². The average Bonchev–Trinajstić information content (AvgIpc) is 2.77. The van der Waals surface area contributed by atoms with Crippen LogP contribution in [0, 0.1) is 0 Å². The van der Waals surface area contributed by atoms with Crippen LogP contribution in [0.3, 0.4) is 0 Å². The number of aromatic hydroxyl groups is 3. The molecule has 0 radical (unpaired) electrons. The summed E-state index contributed by atoms with van der Waals surface area (Å²) in [6, 6.07) is 16.2. The molecule has 0 fully saturated rings. The molecule has 9 nitrogen and oxygen atoms in total. The summed E-state index contributed by atoms with van der Waals surface area (Å²) in [7, 11) is 0.